The second-order valence-corrected chi connectivity index (χ2v) is 5.56. The molecule has 0 atom stereocenters. The van der Waals surface area contributed by atoms with Crippen LogP contribution in [0.25, 0.3) is 0 Å². The van der Waals surface area contributed by atoms with Gasteiger partial charge < -0.3 is 9.47 Å². The van der Waals surface area contributed by atoms with Crippen LogP contribution in [0.15, 0.2) is 47.6 Å². The number of nitrogens with one attached hydrogen (secondary N) is 1. The Labute approximate surface area is 138 Å². The molecule has 1 N–H and O–H groups in total. The molecule has 0 fully saturated rings. The summed E-state index contributed by atoms with van der Waals surface area (Å²) in [4.78, 5) is 11.8. The van der Waals surface area contributed by atoms with E-state index in [1.807, 2.05) is 25.1 Å². The van der Waals surface area contributed by atoms with Crippen LogP contribution >= 0.6 is 11.6 Å². The molecule has 0 saturated carbocycles. The van der Waals surface area contributed by atoms with Gasteiger partial charge in [-0.15, -0.1) is 0 Å². The first kappa shape index (κ1) is 15.4. The standard InChI is InChI=1S/C17H15ClN2O3/c1-11-2-7-14-15(9-23-16(14)8-11)19-20-17(21)10-22-13-5-3-12(18)4-6-13/h2-8H,9-10H2,1H3,(H,20,21)/b19-15-. The van der Waals surface area contributed by atoms with Crippen LogP contribution in [-0.4, -0.2) is 24.8 Å². The third-order valence-electron chi connectivity index (χ3n) is 3.31. The number of fused-ring (bicyclic) bond motifs is 1. The van der Waals surface area contributed by atoms with Gasteiger partial charge in [0.25, 0.3) is 5.91 Å². The Morgan fingerprint density at radius 3 is 2.87 bits per heavy atom. The molecule has 1 aliphatic rings. The van der Waals surface area contributed by atoms with Gasteiger partial charge in [0.1, 0.15) is 23.8 Å². The zero-order valence-electron chi connectivity index (χ0n) is 12.5. The van der Waals surface area contributed by atoms with Gasteiger partial charge in [-0.05, 0) is 48.9 Å². The van der Waals surface area contributed by atoms with Crippen molar-refractivity contribution < 1.29 is 14.3 Å². The van der Waals surface area contributed by atoms with Gasteiger partial charge >= 0.3 is 0 Å². The number of rotatable bonds is 4. The normalized spacial score (nSPS) is 14.3. The summed E-state index contributed by atoms with van der Waals surface area (Å²) in [6.45, 7) is 2.21. The smallest absolute Gasteiger partial charge is 0.277 e. The highest BCUT2D eigenvalue weighted by Gasteiger charge is 2.19. The quantitative estimate of drug-likeness (QED) is 0.877. The molecule has 118 valence electrons. The van der Waals surface area contributed by atoms with Crippen LogP contribution in [0.3, 0.4) is 0 Å². The minimum Gasteiger partial charge on any atom is -0.486 e. The number of hydrogen-bond acceptors (Lipinski definition) is 4. The number of hydrogen-bond donors (Lipinski definition) is 1. The minimum atomic E-state index is -0.340. The molecule has 0 aliphatic carbocycles. The molecule has 0 saturated heterocycles. The van der Waals surface area contributed by atoms with E-state index in [-0.39, 0.29) is 12.5 Å². The van der Waals surface area contributed by atoms with Crippen LogP contribution in [0, 0.1) is 6.92 Å². The maximum atomic E-state index is 11.8. The summed E-state index contributed by atoms with van der Waals surface area (Å²) in [7, 11) is 0. The molecule has 1 aliphatic heterocycles. The van der Waals surface area contributed by atoms with Gasteiger partial charge in [0, 0.05) is 10.6 Å². The zero-order valence-corrected chi connectivity index (χ0v) is 13.3. The van der Waals surface area contributed by atoms with Crippen molar-refractivity contribution in [1.29, 1.82) is 0 Å². The molecule has 3 rings (SSSR count). The molecule has 6 heteroatoms. The van der Waals surface area contributed by atoms with Crippen molar-refractivity contribution in [3.05, 3.63) is 58.6 Å². The van der Waals surface area contributed by atoms with E-state index in [0.29, 0.717) is 23.1 Å². The summed E-state index contributed by atoms with van der Waals surface area (Å²) >= 11 is 5.78. The molecule has 5 nitrogen and oxygen atoms in total. The Morgan fingerprint density at radius 1 is 1.30 bits per heavy atom. The number of aryl methyl sites for hydroxylation is 1. The Bertz CT molecular complexity index is 757. The van der Waals surface area contributed by atoms with Crippen molar-refractivity contribution in [1.82, 2.24) is 5.43 Å². The molecule has 0 unspecified atom stereocenters. The SMILES string of the molecule is Cc1ccc2c(c1)OC/C2=N/NC(=O)COc1ccc(Cl)cc1. The molecule has 23 heavy (non-hydrogen) atoms. The lowest BCUT2D eigenvalue weighted by molar-refractivity contribution is -0.123. The van der Waals surface area contributed by atoms with Crippen LogP contribution in [0.2, 0.25) is 5.02 Å². The van der Waals surface area contributed by atoms with Crippen LogP contribution in [-0.2, 0) is 4.79 Å². The summed E-state index contributed by atoms with van der Waals surface area (Å²) in [6.07, 6.45) is 0. The third-order valence-corrected chi connectivity index (χ3v) is 3.56. The highest BCUT2D eigenvalue weighted by atomic mass is 35.5. The van der Waals surface area contributed by atoms with Gasteiger partial charge in [-0.2, -0.15) is 5.10 Å². The Kier molecular flexibility index (Phi) is 4.48. The fourth-order valence-corrected chi connectivity index (χ4v) is 2.27. The first-order valence-corrected chi connectivity index (χ1v) is 7.47. The van der Waals surface area contributed by atoms with Crippen molar-refractivity contribution in [3.8, 4) is 11.5 Å². The van der Waals surface area contributed by atoms with Gasteiger partial charge in [-0.3, -0.25) is 4.79 Å². The second kappa shape index (κ2) is 6.71. The third kappa shape index (κ3) is 3.81. The largest absolute Gasteiger partial charge is 0.486 e. The number of carbonyl (C=O) groups excluding carboxylic acids is 1. The van der Waals surface area contributed by atoms with E-state index < -0.39 is 0 Å². The number of nitrogens with zero attached hydrogens (tertiary/aromatic N) is 1. The van der Waals surface area contributed by atoms with Gasteiger partial charge in [-0.25, -0.2) is 5.43 Å². The molecule has 2 aromatic rings. The number of amides is 1. The van der Waals surface area contributed by atoms with E-state index >= 15 is 0 Å². The molecule has 0 radical (unpaired) electrons. The number of carbonyl (C=O) groups is 1. The molecule has 2 aromatic carbocycles. The molecular weight excluding hydrogens is 316 g/mol. The second-order valence-electron chi connectivity index (χ2n) is 5.12. The van der Waals surface area contributed by atoms with E-state index in [1.54, 1.807) is 24.3 Å². The van der Waals surface area contributed by atoms with Crippen molar-refractivity contribution in [3.63, 3.8) is 0 Å². The predicted octanol–water partition coefficient (Wildman–Crippen LogP) is 2.94. The van der Waals surface area contributed by atoms with E-state index in [2.05, 4.69) is 10.5 Å². The fraction of sp³-hybridized carbons (Fsp3) is 0.176. The average molecular weight is 331 g/mol. The molecule has 0 aromatic heterocycles. The van der Waals surface area contributed by atoms with E-state index in [4.69, 9.17) is 21.1 Å². The molecule has 1 amide bonds. The molecular formula is C17H15ClN2O3. The average Bonchev–Trinajstić information content (AvgIpc) is 2.94. The Balaban J connectivity index is 1.56. The van der Waals surface area contributed by atoms with Crippen molar-refractivity contribution >= 4 is 23.2 Å². The van der Waals surface area contributed by atoms with Gasteiger partial charge in [0.05, 0.1) is 0 Å². The molecule has 0 spiro atoms. The van der Waals surface area contributed by atoms with Gasteiger partial charge in [0.2, 0.25) is 0 Å². The first-order chi connectivity index (χ1) is 11.1. The highest BCUT2D eigenvalue weighted by Crippen LogP contribution is 2.26. The van der Waals surface area contributed by atoms with Crippen LogP contribution in [0.4, 0.5) is 0 Å². The highest BCUT2D eigenvalue weighted by molar-refractivity contribution is 6.30. The van der Waals surface area contributed by atoms with E-state index in [0.717, 1.165) is 16.9 Å². The summed E-state index contributed by atoms with van der Waals surface area (Å²) in [6, 6.07) is 12.7. The maximum absolute atomic E-state index is 11.8. The molecule has 1 heterocycles. The Morgan fingerprint density at radius 2 is 2.09 bits per heavy atom. The van der Waals surface area contributed by atoms with E-state index in [9.17, 15) is 4.79 Å². The van der Waals surface area contributed by atoms with Crippen LogP contribution in [0.1, 0.15) is 11.1 Å². The van der Waals surface area contributed by atoms with E-state index in [1.165, 1.54) is 0 Å². The summed E-state index contributed by atoms with van der Waals surface area (Å²) in [5.74, 6) is 1.02. The fourth-order valence-electron chi connectivity index (χ4n) is 2.15. The number of ether oxygens (including phenoxy) is 2. The lowest BCUT2D eigenvalue weighted by Gasteiger charge is -2.05. The van der Waals surface area contributed by atoms with Crippen molar-refractivity contribution in [2.75, 3.05) is 13.2 Å². The van der Waals surface area contributed by atoms with Gasteiger partial charge in [-0.1, -0.05) is 17.7 Å². The van der Waals surface area contributed by atoms with Crippen molar-refractivity contribution in [2.45, 2.75) is 6.92 Å². The predicted molar refractivity (Wildman–Crippen MR) is 88.3 cm³/mol. The van der Waals surface area contributed by atoms with Crippen LogP contribution in [0.5, 0.6) is 11.5 Å². The minimum absolute atomic E-state index is 0.125. The first-order valence-electron chi connectivity index (χ1n) is 7.09. The zero-order chi connectivity index (χ0) is 16.2. The lowest BCUT2D eigenvalue weighted by atomic mass is 10.1. The van der Waals surface area contributed by atoms with Crippen LogP contribution < -0.4 is 14.9 Å². The van der Waals surface area contributed by atoms with Crippen molar-refractivity contribution in [2.24, 2.45) is 5.10 Å². The number of hydrazone groups is 1. The topological polar surface area (TPSA) is 59.9 Å². The maximum Gasteiger partial charge on any atom is 0.277 e. The molecule has 0 bridgehead atoms. The summed E-state index contributed by atoms with van der Waals surface area (Å²) in [5.41, 5.74) is 5.19. The summed E-state index contributed by atoms with van der Waals surface area (Å²) in [5, 5.41) is 4.73. The van der Waals surface area contributed by atoms with Gasteiger partial charge in [0.15, 0.2) is 6.61 Å². The number of benzene rings is 2. The Hall–Kier alpha value is -2.53. The monoisotopic (exact) mass is 330 g/mol. The lowest BCUT2D eigenvalue weighted by Crippen LogP contribution is -2.26. The number of halogens is 1. The summed E-state index contributed by atoms with van der Waals surface area (Å²) < 4.78 is 10.9.